The first kappa shape index (κ1) is 72.8. The molecule has 0 radical (unpaired) electrons. The summed E-state index contributed by atoms with van der Waals surface area (Å²) in [6.45, 7) is 19.6. The van der Waals surface area contributed by atoms with Gasteiger partial charge in [0.1, 0.15) is 33.6 Å². The van der Waals surface area contributed by atoms with Gasteiger partial charge in [-0.25, -0.2) is 33.8 Å². The molecule has 19 nitrogen and oxygen atoms in total. The van der Waals surface area contributed by atoms with Gasteiger partial charge in [-0.05, 0) is 86.7 Å². The van der Waals surface area contributed by atoms with Crippen LogP contribution in [0, 0.1) is 34.3 Å². The maximum Gasteiger partial charge on any atom is 0.281 e. The number of carbonyl (C=O) groups excluding carboxylic acids is 1. The van der Waals surface area contributed by atoms with Crippen molar-refractivity contribution in [2.24, 2.45) is 12.0 Å². The molecule has 1 aliphatic rings. The third kappa shape index (κ3) is 14.9. The van der Waals surface area contributed by atoms with E-state index in [2.05, 4.69) is 214 Å². The number of thiazole rings is 1. The summed E-state index contributed by atoms with van der Waals surface area (Å²) in [5, 5.41) is 31.7. The van der Waals surface area contributed by atoms with Gasteiger partial charge in [0.25, 0.3) is 5.82 Å². The molecule has 10 aromatic heterocycles. The number of hydrogen-bond donors (Lipinski definition) is 2. The molecule has 1 aliphatic heterocycles. The van der Waals surface area contributed by atoms with Crippen LogP contribution in [0.5, 0.6) is 0 Å². The van der Waals surface area contributed by atoms with E-state index in [1.54, 1.807) is 27.3 Å². The maximum absolute atomic E-state index is 11.6. The Balaban J connectivity index is 0.000000105. The standard InChI is InChI=1S/C26H20N4S.C23H16N4.C18H15N3.C14H12N4.C14H13N3O/c1-17-12-14-19(15-13-17)24-25(26-27-20-10-6-7-11-22(20)31-26)30-23(29(24)2)16-21(28-30)18-8-4-3-5-9-18;1-4-10-17(11-5-1)16-20-21(18-12-6-2-7-13-18)26-27-22(24-25-23(20)27)19-14-8-3-9-15-19;1-13-19-12-17-11-18(20-21(13)17)16-9-7-15(8-10-16)14-5-3-2-4-6-14;1-9-4-6-11(7-5-9)13-14(15-3)18-12(16-13)8-10(2)17-18;1-9-14(10(2)18)17-13(15-9)8-12(16-17)11-6-4-3-5-7-11/h3-16H,1-2H3;1-16H;2-11H,12H2,1H3;4-8,17H,1-2H3;3-8,16H,1-2H3/b;20-16-;;;. The van der Waals surface area contributed by atoms with Crippen molar-refractivity contribution >= 4 is 67.7 Å². The quantitative estimate of drug-likeness (QED) is 0.0935. The Morgan fingerprint density at radius 3 is 1.66 bits per heavy atom. The number of aliphatic imine (C=N–C) groups is 1. The smallest absolute Gasteiger partial charge is 0.281 e. The molecule has 0 saturated heterocycles. The topological polar surface area (TPSA) is 196 Å². The van der Waals surface area contributed by atoms with Crippen molar-refractivity contribution in [3.8, 4) is 101 Å². The molecule has 0 bridgehead atoms. The fourth-order valence-corrected chi connectivity index (χ4v) is 15.3. The molecule has 0 atom stereocenters. The summed E-state index contributed by atoms with van der Waals surface area (Å²) >= 11 is 1.71. The van der Waals surface area contributed by atoms with E-state index in [4.69, 9.17) is 21.8 Å². The largest absolute Gasteiger partial charge is 0.360 e. The lowest BCUT2D eigenvalue weighted by atomic mass is 10.0. The number of H-pyrrole nitrogens is 2. The third-order valence-corrected chi connectivity index (χ3v) is 21.1. The Morgan fingerprint density at radius 2 is 1.03 bits per heavy atom. The van der Waals surface area contributed by atoms with E-state index in [9.17, 15) is 4.79 Å². The minimum atomic E-state index is 0.0152. The number of aryl methyl sites for hydroxylation is 5. The lowest BCUT2D eigenvalue weighted by molar-refractivity contribution is 0.101. The number of hydrogen-bond acceptors (Lipinski definition) is 11. The van der Waals surface area contributed by atoms with Gasteiger partial charge < -0.3 is 9.41 Å². The van der Waals surface area contributed by atoms with Gasteiger partial charge in [-0.1, -0.05) is 285 Å². The molecule has 11 heterocycles. The van der Waals surface area contributed by atoms with E-state index in [1.807, 2.05) is 201 Å². The molecule has 0 fully saturated rings. The Bertz CT molecular complexity index is 6970. The summed E-state index contributed by atoms with van der Waals surface area (Å²) in [5.41, 5.74) is 28.2. The molecule has 558 valence electrons. The van der Waals surface area contributed by atoms with Crippen LogP contribution in [0.3, 0.4) is 0 Å². The van der Waals surface area contributed by atoms with Crippen LogP contribution in [0.1, 0.15) is 58.1 Å². The summed E-state index contributed by atoms with van der Waals surface area (Å²) in [6.07, 6.45) is 2.12. The fraction of sp³-hybridized carbons (Fsp3) is 0.0842. The molecule has 20 heteroatoms. The first-order chi connectivity index (χ1) is 56.2. The molecule has 0 unspecified atom stereocenters. The lowest BCUT2D eigenvalue weighted by Gasteiger charge is -2.07. The molecular weight excluding hydrogens is 1440 g/mol. The Hall–Kier alpha value is -15.1. The summed E-state index contributed by atoms with van der Waals surface area (Å²) in [5.74, 6) is 2.26. The number of fused-ring (bicyclic) bond motifs is 6. The number of nitrogens with one attached hydrogen (secondary N) is 2. The molecule has 0 spiro atoms. The van der Waals surface area contributed by atoms with Crippen molar-refractivity contribution in [3.05, 3.63) is 359 Å². The lowest BCUT2D eigenvalue weighted by Crippen LogP contribution is -2.05. The van der Waals surface area contributed by atoms with E-state index in [-0.39, 0.29) is 5.78 Å². The van der Waals surface area contributed by atoms with Gasteiger partial charge in [-0.3, -0.25) is 14.9 Å². The minimum absolute atomic E-state index is 0.0152. The van der Waals surface area contributed by atoms with Gasteiger partial charge in [-0.2, -0.15) is 24.3 Å². The zero-order valence-electron chi connectivity index (χ0n) is 64.1. The normalized spacial score (nSPS) is 11.7. The third-order valence-electron chi connectivity index (χ3n) is 20.0. The van der Waals surface area contributed by atoms with Crippen LogP contribution >= 0.6 is 11.3 Å². The zero-order chi connectivity index (χ0) is 78.6. The highest BCUT2D eigenvalue weighted by molar-refractivity contribution is 7.21. The first-order valence-corrected chi connectivity index (χ1v) is 38.5. The summed E-state index contributed by atoms with van der Waals surface area (Å²) in [7, 11) is 2.11. The molecule has 2 N–H and O–H groups in total. The number of ketones is 1. The van der Waals surface area contributed by atoms with Crippen LogP contribution in [0.15, 0.2) is 308 Å². The Labute approximate surface area is 666 Å². The second-order valence-corrected chi connectivity index (χ2v) is 29.1. The molecule has 21 rings (SSSR count). The summed E-state index contributed by atoms with van der Waals surface area (Å²) in [4.78, 5) is 33.5. The van der Waals surface area contributed by atoms with Gasteiger partial charge >= 0.3 is 0 Å². The second kappa shape index (κ2) is 31.7. The van der Waals surface area contributed by atoms with Crippen LogP contribution in [-0.4, -0.2) is 89.6 Å². The number of carbonyl (C=O) groups is 1. The number of Topliss-reactive ketones (excluding diaryl/α,β-unsaturated/α-hetero) is 1. The second-order valence-electron chi connectivity index (χ2n) is 28.0. The number of aromatic amines is 2. The summed E-state index contributed by atoms with van der Waals surface area (Å²) in [6, 6.07) is 103. The molecule has 0 aliphatic carbocycles. The number of aromatic nitrogens is 16. The minimum Gasteiger partial charge on any atom is -0.360 e. The van der Waals surface area contributed by atoms with Crippen LogP contribution in [0.4, 0.5) is 5.82 Å². The van der Waals surface area contributed by atoms with Gasteiger partial charge in [0.15, 0.2) is 22.9 Å². The highest BCUT2D eigenvalue weighted by Crippen LogP contribution is 2.40. The van der Waals surface area contributed by atoms with E-state index < -0.39 is 0 Å². The number of para-hydroxylation sites is 1. The zero-order valence-corrected chi connectivity index (χ0v) is 64.9. The molecule has 0 saturated carbocycles. The van der Waals surface area contributed by atoms with Crippen molar-refractivity contribution in [2.45, 2.75) is 48.1 Å². The highest BCUT2D eigenvalue weighted by Gasteiger charge is 2.26. The average molecular weight is 1520 g/mol. The fourth-order valence-electron chi connectivity index (χ4n) is 14.3. The molecule has 0 amide bonds. The van der Waals surface area contributed by atoms with Gasteiger partial charge in [0, 0.05) is 65.2 Å². The van der Waals surface area contributed by atoms with Crippen LogP contribution in [0.2, 0.25) is 0 Å². The van der Waals surface area contributed by atoms with Gasteiger partial charge in [-0.15, -0.1) is 21.5 Å². The molecule has 20 aromatic rings. The van der Waals surface area contributed by atoms with Crippen molar-refractivity contribution < 1.29 is 4.79 Å². The van der Waals surface area contributed by atoms with Crippen molar-refractivity contribution in [1.82, 2.24) is 78.0 Å². The van der Waals surface area contributed by atoms with Crippen molar-refractivity contribution in [1.29, 1.82) is 0 Å². The highest BCUT2D eigenvalue weighted by atomic mass is 32.1. The number of rotatable bonds is 11. The first-order valence-electron chi connectivity index (χ1n) is 37.7. The van der Waals surface area contributed by atoms with E-state index in [1.165, 1.54) is 27.0 Å². The number of benzene rings is 10. The van der Waals surface area contributed by atoms with E-state index >= 15 is 0 Å². The Morgan fingerprint density at radius 1 is 0.487 bits per heavy atom. The monoisotopic (exact) mass is 1520 g/mol. The average Bonchev–Trinajstić information content (AvgIpc) is 1.58. The van der Waals surface area contributed by atoms with Crippen LogP contribution in [0.25, 0.3) is 144 Å². The SMILES string of the molecule is C(/c1ccccc1)=c1\c(-c2ccccc2)nn2c(-c3ccccc3)nnc12.CC(=O)c1c(C)nc2cc(-c3ccccc3)[nH]n12.CC1=NCc2cc(-c3ccc(-c4ccccc4)cc3)nn21.Cc1ccc(-c2c(-c3nc4ccccc4s3)n3nc(-c4ccccc4)cc3n2C)cc1.[C-]#[N+]c1c(-c2ccc(C)cc2)nc2cc(C)[nH]n12. The molecule has 10 aromatic carbocycles. The predicted molar refractivity (Wildman–Crippen MR) is 461 cm³/mol. The molecular formula is C95H76N18OS. The van der Waals surface area contributed by atoms with E-state index in [0.717, 1.165) is 158 Å². The van der Waals surface area contributed by atoms with Crippen LogP contribution in [-0.2, 0) is 13.6 Å². The van der Waals surface area contributed by atoms with Crippen molar-refractivity contribution in [3.63, 3.8) is 0 Å². The summed E-state index contributed by atoms with van der Waals surface area (Å²) < 4.78 is 12.7. The maximum atomic E-state index is 11.6. The van der Waals surface area contributed by atoms with Crippen LogP contribution < -0.4 is 5.22 Å². The molecule has 115 heavy (non-hydrogen) atoms. The van der Waals surface area contributed by atoms with Gasteiger partial charge in [0.2, 0.25) is 5.65 Å². The van der Waals surface area contributed by atoms with Crippen molar-refractivity contribution in [2.75, 3.05) is 0 Å². The predicted octanol–water partition coefficient (Wildman–Crippen LogP) is 20.9. The Kier molecular flexibility index (Phi) is 20.1. The number of nitrogens with zero attached hydrogens (tertiary/aromatic N) is 16. The number of imidazole rings is 3. The van der Waals surface area contributed by atoms with E-state index in [0.29, 0.717) is 11.5 Å². The van der Waals surface area contributed by atoms with Gasteiger partial charge in [0.05, 0.1) is 62.3 Å².